The summed E-state index contributed by atoms with van der Waals surface area (Å²) in [6.07, 6.45) is -2.94. The minimum atomic E-state index is -2.94. The van der Waals surface area contributed by atoms with Crippen molar-refractivity contribution in [2.75, 3.05) is 6.61 Å². The number of ether oxygens (including phenoxy) is 1. The van der Waals surface area contributed by atoms with E-state index in [0.717, 1.165) is 6.07 Å². The van der Waals surface area contributed by atoms with E-state index in [1.54, 1.807) is 6.07 Å². The number of carbonyl (C=O) groups excluding carboxylic acids is 1. The molecule has 17 heavy (non-hydrogen) atoms. The van der Waals surface area contributed by atoms with Gasteiger partial charge in [0, 0.05) is 5.56 Å². The smallest absolute Gasteiger partial charge is 0.341 e. The molecule has 1 aromatic heterocycles. The fourth-order valence-corrected chi connectivity index (χ4v) is 1.44. The van der Waals surface area contributed by atoms with Crippen molar-refractivity contribution in [2.24, 2.45) is 0 Å². The van der Waals surface area contributed by atoms with Crippen molar-refractivity contribution in [1.29, 1.82) is 5.26 Å². The predicted octanol–water partition coefficient (Wildman–Crippen LogP) is 2.72. The number of esters is 1. The fourth-order valence-electron chi connectivity index (χ4n) is 1.17. The van der Waals surface area contributed by atoms with Crippen LogP contribution >= 0.6 is 11.6 Å². The van der Waals surface area contributed by atoms with Crippen LogP contribution in [0.4, 0.5) is 8.78 Å². The van der Waals surface area contributed by atoms with Crippen LogP contribution in [0.25, 0.3) is 0 Å². The summed E-state index contributed by atoms with van der Waals surface area (Å²) in [7, 11) is 0. The summed E-state index contributed by atoms with van der Waals surface area (Å²) in [5, 5.41) is 8.11. The molecule has 0 bridgehead atoms. The summed E-state index contributed by atoms with van der Waals surface area (Å²) >= 11 is 5.59. The van der Waals surface area contributed by atoms with E-state index in [2.05, 4.69) is 9.72 Å². The minimum Gasteiger partial charge on any atom is -0.462 e. The lowest BCUT2D eigenvalue weighted by atomic mass is 10.1. The number of aromatic nitrogens is 1. The summed E-state index contributed by atoms with van der Waals surface area (Å²) in [5.74, 6) is -0.982. The van der Waals surface area contributed by atoms with Gasteiger partial charge in [0.2, 0.25) is 0 Å². The Hall–Kier alpha value is -1.74. The molecule has 1 heterocycles. The van der Waals surface area contributed by atoms with Crippen molar-refractivity contribution in [3.63, 3.8) is 0 Å². The van der Waals surface area contributed by atoms with Crippen LogP contribution in [0, 0.1) is 11.3 Å². The van der Waals surface area contributed by atoms with Gasteiger partial charge in [0.25, 0.3) is 6.43 Å². The predicted molar refractivity (Wildman–Crippen MR) is 54.9 cm³/mol. The average Bonchev–Trinajstić information content (AvgIpc) is 2.27. The van der Waals surface area contributed by atoms with E-state index in [9.17, 15) is 13.6 Å². The second-order valence-electron chi connectivity index (χ2n) is 2.90. The summed E-state index contributed by atoms with van der Waals surface area (Å²) in [5.41, 5.74) is -1.43. The zero-order valence-electron chi connectivity index (χ0n) is 8.71. The number of pyridine rings is 1. The van der Waals surface area contributed by atoms with E-state index in [1.807, 2.05) is 0 Å². The number of hydrogen-bond acceptors (Lipinski definition) is 4. The van der Waals surface area contributed by atoms with Crippen molar-refractivity contribution >= 4 is 17.6 Å². The van der Waals surface area contributed by atoms with Crippen molar-refractivity contribution in [3.8, 4) is 6.07 Å². The monoisotopic (exact) mass is 260 g/mol. The van der Waals surface area contributed by atoms with Gasteiger partial charge in [0.15, 0.2) is 0 Å². The van der Waals surface area contributed by atoms with Gasteiger partial charge in [-0.15, -0.1) is 0 Å². The van der Waals surface area contributed by atoms with Crippen LogP contribution in [0.1, 0.15) is 35.0 Å². The molecule has 0 N–H and O–H groups in total. The first-order valence-electron chi connectivity index (χ1n) is 4.57. The number of halogens is 3. The molecule has 0 aliphatic rings. The number of rotatable bonds is 3. The third kappa shape index (κ3) is 2.88. The standard InChI is InChI=1S/C10H7ClF2N2O2/c1-2-17-10(16)7-6(9(12)13)3-5(4-14)15-8(7)11/h3,9H,2H2,1H3. The molecule has 0 fully saturated rings. The number of nitriles is 1. The second kappa shape index (κ2) is 5.55. The van der Waals surface area contributed by atoms with Crippen LogP contribution in [0.15, 0.2) is 6.07 Å². The minimum absolute atomic E-state index is 0.0256. The molecule has 0 spiro atoms. The normalized spacial score (nSPS) is 10.1. The SMILES string of the molecule is CCOC(=O)c1c(C(F)F)cc(C#N)nc1Cl. The molecule has 4 nitrogen and oxygen atoms in total. The van der Waals surface area contributed by atoms with E-state index < -0.39 is 28.7 Å². The highest BCUT2D eigenvalue weighted by Gasteiger charge is 2.24. The van der Waals surface area contributed by atoms with Gasteiger partial charge in [-0.3, -0.25) is 0 Å². The van der Waals surface area contributed by atoms with Gasteiger partial charge in [-0.2, -0.15) is 5.26 Å². The molecule has 0 aliphatic heterocycles. The quantitative estimate of drug-likeness (QED) is 0.619. The van der Waals surface area contributed by atoms with Gasteiger partial charge < -0.3 is 4.74 Å². The Morgan fingerprint density at radius 2 is 2.35 bits per heavy atom. The Bertz CT molecular complexity index is 486. The van der Waals surface area contributed by atoms with E-state index in [-0.39, 0.29) is 12.3 Å². The highest BCUT2D eigenvalue weighted by Crippen LogP contribution is 2.28. The van der Waals surface area contributed by atoms with Crippen molar-refractivity contribution in [3.05, 3.63) is 28.0 Å². The topological polar surface area (TPSA) is 63.0 Å². The molecular weight excluding hydrogens is 254 g/mol. The number of alkyl halides is 2. The Kier molecular flexibility index (Phi) is 4.35. The number of carbonyl (C=O) groups is 1. The molecule has 0 radical (unpaired) electrons. The van der Waals surface area contributed by atoms with Crippen molar-refractivity contribution < 1.29 is 18.3 Å². The molecular formula is C10H7ClF2N2O2. The van der Waals surface area contributed by atoms with Crippen LogP contribution in [-0.4, -0.2) is 17.6 Å². The lowest BCUT2D eigenvalue weighted by Gasteiger charge is -2.09. The lowest BCUT2D eigenvalue weighted by Crippen LogP contribution is -2.11. The maximum absolute atomic E-state index is 12.7. The molecule has 0 aromatic carbocycles. The average molecular weight is 261 g/mol. The van der Waals surface area contributed by atoms with Gasteiger partial charge in [-0.1, -0.05) is 11.6 Å². The first-order valence-corrected chi connectivity index (χ1v) is 4.94. The Morgan fingerprint density at radius 3 is 2.82 bits per heavy atom. The zero-order chi connectivity index (χ0) is 13.0. The van der Waals surface area contributed by atoms with Crippen molar-refractivity contribution in [2.45, 2.75) is 13.3 Å². The lowest BCUT2D eigenvalue weighted by molar-refractivity contribution is 0.0515. The zero-order valence-corrected chi connectivity index (χ0v) is 9.46. The largest absolute Gasteiger partial charge is 0.462 e. The Morgan fingerprint density at radius 1 is 1.71 bits per heavy atom. The summed E-state index contributed by atoms with van der Waals surface area (Å²) < 4.78 is 30.0. The molecule has 1 rings (SSSR count). The maximum Gasteiger partial charge on any atom is 0.341 e. The van der Waals surface area contributed by atoms with E-state index in [0.29, 0.717) is 0 Å². The molecule has 7 heteroatoms. The van der Waals surface area contributed by atoms with Gasteiger partial charge in [0.1, 0.15) is 22.5 Å². The molecule has 1 aromatic rings. The number of nitrogens with zero attached hydrogens (tertiary/aromatic N) is 2. The Balaban J connectivity index is 3.37. The molecule has 0 atom stereocenters. The van der Waals surface area contributed by atoms with Crippen LogP contribution < -0.4 is 0 Å². The summed E-state index contributed by atoms with van der Waals surface area (Å²) in [4.78, 5) is 14.9. The third-order valence-corrected chi connectivity index (χ3v) is 2.11. The molecule has 90 valence electrons. The van der Waals surface area contributed by atoms with Gasteiger partial charge in [-0.05, 0) is 13.0 Å². The summed E-state index contributed by atoms with van der Waals surface area (Å²) in [6, 6.07) is 2.40. The highest BCUT2D eigenvalue weighted by atomic mass is 35.5. The number of hydrogen-bond donors (Lipinski definition) is 0. The molecule has 0 aliphatic carbocycles. The fraction of sp³-hybridized carbons (Fsp3) is 0.300. The third-order valence-electron chi connectivity index (χ3n) is 1.84. The van der Waals surface area contributed by atoms with Crippen molar-refractivity contribution in [1.82, 2.24) is 4.98 Å². The Labute approximate surface area is 101 Å². The molecule has 0 saturated heterocycles. The second-order valence-corrected chi connectivity index (χ2v) is 3.25. The van der Waals surface area contributed by atoms with Gasteiger partial charge in [0.05, 0.1) is 6.61 Å². The van der Waals surface area contributed by atoms with Crippen LogP contribution in [0.5, 0.6) is 0 Å². The molecule has 0 unspecified atom stereocenters. The van der Waals surface area contributed by atoms with E-state index in [4.69, 9.17) is 16.9 Å². The first kappa shape index (κ1) is 13.3. The van der Waals surface area contributed by atoms with E-state index in [1.165, 1.54) is 6.92 Å². The maximum atomic E-state index is 12.7. The highest BCUT2D eigenvalue weighted by molar-refractivity contribution is 6.32. The van der Waals surface area contributed by atoms with Crippen LogP contribution in [-0.2, 0) is 4.74 Å². The summed E-state index contributed by atoms with van der Waals surface area (Å²) in [6.45, 7) is 1.56. The first-order chi connectivity index (χ1) is 8.01. The molecule has 0 amide bonds. The van der Waals surface area contributed by atoms with Gasteiger partial charge >= 0.3 is 5.97 Å². The van der Waals surface area contributed by atoms with Crippen LogP contribution in [0.2, 0.25) is 5.15 Å². The van der Waals surface area contributed by atoms with Gasteiger partial charge in [-0.25, -0.2) is 18.6 Å². The molecule has 0 saturated carbocycles. The van der Waals surface area contributed by atoms with Crippen LogP contribution in [0.3, 0.4) is 0 Å². The van der Waals surface area contributed by atoms with E-state index >= 15 is 0 Å².